The van der Waals surface area contributed by atoms with Gasteiger partial charge >= 0.3 is 36.3 Å². The Morgan fingerprint density at radius 1 is 0.465 bits per heavy atom. The minimum absolute atomic E-state index is 0.0979. The van der Waals surface area contributed by atoms with E-state index in [0.717, 1.165) is 103 Å². The quantitative estimate of drug-likeness (QED) is 0.00942. The lowest BCUT2D eigenvalue weighted by Crippen LogP contribution is -2.34. The van der Waals surface area contributed by atoms with Gasteiger partial charge in [-0.25, -0.2) is 28.8 Å². The summed E-state index contributed by atoms with van der Waals surface area (Å²) < 4.78 is 34.8. The predicted molar refractivity (Wildman–Crippen MR) is 493 cm³/mol. The molecular weight excluding hydrogens is 1660 g/mol. The van der Waals surface area contributed by atoms with Gasteiger partial charge in [-0.2, -0.15) is 9.15 Å². The molecular formula is C96H109N12O21+. The van der Waals surface area contributed by atoms with Gasteiger partial charge in [0.2, 0.25) is 22.5 Å². The lowest BCUT2D eigenvalue weighted by molar-refractivity contribution is -0.255. The molecule has 1 spiro atoms. The van der Waals surface area contributed by atoms with Crippen LogP contribution in [0.25, 0.3) is 66.8 Å². The highest BCUT2D eigenvalue weighted by atomic mass is 16.7. The Bertz CT molecular complexity index is 5720. The van der Waals surface area contributed by atoms with Crippen LogP contribution in [0, 0.1) is 0 Å². The second kappa shape index (κ2) is 47.5. The van der Waals surface area contributed by atoms with Gasteiger partial charge in [-0.3, -0.25) is 29.4 Å². The maximum atomic E-state index is 13.1. The molecule has 6 amide bonds. The van der Waals surface area contributed by atoms with Crippen LogP contribution in [0.15, 0.2) is 229 Å². The molecule has 0 radical (unpaired) electrons. The summed E-state index contributed by atoms with van der Waals surface area (Å²) in [6, 6.07) is 56.2. The summed E-state index contributed by atoms with van der Waals surface area (Å²) in [5.41, 5.74) is 10.8. The second-order valence-corrected chi connectivity index (χ2v) is 27.9. The first-order valence-corrected chi connectivity index (χ1v) is 41.4. The van der Waals surface area contributed by atoms with E-state index in [1.165, 1.54) is 28.2 Å². The summed E-state index contributed by atoms with van der Waals surface area (Å²) >= 11 is 0. The Hall–Kier alpha value is -15.5. The summed E-state index contributed by atoms with van der Waals surface area (Å²) in [5.74, 6) is -0.386. The highest BCUT2D eigenvalue weighted by Gasteiger charge is 2.54. The van der Waals surface area contributed by atoms with Crippen LogP contribution in [0.2, 0.25) is 0 Å². The van der Waals surface area contributed by atoms with Crippen LogP contribution in [0.4, 0.5) is 41.9 Å². The molecule has 0 fully saturated rings. The van der Waals surface area contributed by atoms with Gasteiger partial charge in [-0.15, -0.1) is 0 Å². The van der Waals surface area contributed by atoms with E-state index in [2.05, 4.69) is 40.6 Å². The number of likely N-dealkylation sites (N-methyl/N-ethyl adjacent to an activating group) is 1. The van der Waals surface area contributed by atoms with Crippen LogP contribution >= 0.6 is 0 Å². The van der Waals surface area contributed by atoms with Crippen LogP contribution in [-0.4, -0.2) is 182 Å². The van der Waals surface area contributed by atoms with Gasteiger partial charge in [-0.05, 0) is 145 Å². The van der Waals surface area contributed by atoms with Gasteiger partial charge in [0.25, 0.3) is 0 Å². The van der Waals surface area contributed by atoms with Crippen LogP contribution in [-0.2, 0) is 34.3 Å². The largest absolute Gasteiger partial charge is 0.545 e. The molecule has 33 heteroatoms. The highest BCUT2D eigenvalue weighted by molar-refractivity contribution is 6.09. The molecule has 1 atom stereocenters. The molecule has 33 nitrogen and oxygen atoms in total. The molecule has 1 unspecified atom stereocenters. The summed E-state index contributed by atoms with van der Waals surface area (Å²) in [6.07, 6.45) is 2.31. The van der Waals surface area contributed by atoms with Gasteiger partial charge in [-0.1, -0.05) is 67.2 Å². The Morgan fingerprint density at radius 2 is 0.899 bits per heavy atom. The molecule has 6 aliphatic rings. The number of nitrogens with zero attached hydrogens (tertiary/aromatic N) is 6. The fraction of sp³-hybridized carbons (Fsp3) is 0.260. The Labute approximate surface area is 746 Å². The predicted octanol–water partition coefficient (Wildman–Crippen LogP) is 13.2. The van der Waals surface area contributed by atoms with Gasteiger partial charge in [0.15, 0.2) is 18.0 Å². The summed E-state index contributed by atoms with van der Waals surface area (Å²) in [4.78, 5) is 116. The number of hydrogen-bond donors (Lipinski definition) is 10. The maximum Gasteiger partial charge on any atom is 0.406 e. The Balaban J connectivity index is 0.000000221. The van der Waals surface area contributed by atoms with E-state index in [4.69, 9.17) is 48.0 Å². The van der Waals surface area contributed by atoms with E-state index >= 15 is 0 Å². The number of alkyl carbamates (subject to hydrolysis) is 1. The van der Waals surface area contributed by atoms with Crippen molar-refractivity contribution in [3.63, 3.8) is 0 Å². The molecule has 0 saturated carbocycles. The normalized spacial score (nSPS) is 12.6. The van der Waals surface area contributed by atoms with Crippen LogP contribution in [0.3, 0.4) is 0 Å². The molecule has 2 aliphatic carbocycles. The van der Waals surface area contributed by atoms with Crippen molar-refractivity contribution in [1.82, 2.24) is 41.1 Å². The zero-order valence-electron chi connectivity index (χ0n) is 74.1. The minimum atomic E-state index is -1.25. The third-order valence-corrected chi connectivity index (χ3v) is 20.6. The van der Waals surface area contributed by atoms with Gasteiger partial charge in [0, 0.05) is 172 Å². The molecule has 0 saturated heterocycles. The van der Waals surface area contributed by atoms with Crippen LogP contribution in [0.1, 0.15) is 102 Å². The monoisotopic (exact) mass is 1770 g/mol. The first kappa shape index (κ1) is 98.9. The van der Waals surface area contributed by atoms with Crippen molar-refractivity contribution >= 4 is 98.8 Å². The standard InChI is InChI=1S/3C30H31N3O5.3C2H5NO2/c1-5-32(6-2)20-12-14-24-26(18-20)37-27-19-21(33(7-3)16-17-36-29(35)31-4)13-15-25(27)30(24)23-11-9-8-10-22(23)28(34)38-30;2*1-5-32(6-2)20-12-14-24-26(18-20)38-27-19-21(33(7-3)37-17-16-28(34)31-4)13-15-25(27)29(24)22-10-8-9-11-23(22)30(35)36;3*1-3-2(4)5/h5,8-15,18-19H,1,6-7,16-17H2,2-4H3,(H,31,35);2*5,8-15,18-19H,1,6-7,16-17H2,2-4H3,(H-,31,34,35,36);3*3H,1H3,(H,4,5)/p+1. The average molecular weight is 1770 g/mol. The van der Waals surface area contributed by atoms with Gasteiger partial charge in [0.05, 0.1) is 73.2 Å². The molecule has 4 heterocycles. The summed E-state index contributed by atoms with van der Waals surface area (Å²) in [5, 5.41) is 65.0. The van der Waals surface area contributed by atoms with E-state index < -0.39 is 41.9 Å². The van der Waals surface area contributed by atoms with Crippen LogP contribution in [0.5, 0.6) is 11.5 Å². The number of rotatable bonds is 28. The van der Waals surface area contributed by atoms with Crippen molar-refractivity contribution in [2.75, 3.05) is 128 Å². The maximum absolute atomic E-state index is 13.1. The molecule has 0 bridgehead atoms. The molecule has 13 rings (SSSR count). The number of aromatic carboxylic acids is 2. The average Bonchev–Trinajstić information content (AvgIpc) is 1.57. The van der Waals surface area contributed by atoms with Gasteiger partial charge < -0.3 is 95.1 Å². The van der Waals surface area contributed by atoms with Gasteiger partial charge in [0.1, 0.15) is 53.9 Å². The van der Waals surface area contributed by atoms with Crippen molar-refractivity contribution in [3.8, 4) is 56.4 Å². The third kappa shape index (κ3) is 24.1. The number of amides is 6. The van der Waals surface area contributed by atoms with E-state index in [9.17, 15) is 53.4 Å². The fourth-order valence-corrected chi connectivity index (χ4v) is 14.3. The van der Waals surface area contributed by atoms with Crippen molar-refractivity contribution in [3.05, 3.63) is 264 Å². The SMILES string of the molecule is C=CN(CC)c1ccc2c(c1)Oc1cc(N(CC)CCOC(=O)NC)ccc1C21OC(=O)c2ccccc21.C=C[N+](CC)=c1ccc2c(-c3ccccc3C(=O)O)c3ccc(N(CC)OCCC(=O)NC)cc3oc-2c1.C=C[N+](CC)=c1ccc2c(-c3ccccc3C(=O)[O-])c3ccc(N(CC)OCCC(=O)NC)cc3oc-2c1.CNC(=O)O.CNC(=O)O.CNC(=O)O. The van der Waals surface area contributed by atoms with Crippen molar-refractivity contribution in [2.45, 2.75) is 60.0 Å². The highest BCUT2D eigenvalue weighted by Crippen LogP contribution is 2.57. The molecule has 10 N–H and O–H groups in total. The molecule has 4 aliphatic heterocycles. The van der Waals surface area contributed by atoms with E-state index in [-0.39, 0.29) is 61.6 Å². The van der Waals surface area contributed by atoms with E-state index in [1.54, 1.807) is 79.2 Å². The number of carboxylic acids is 2. The van der Waals surface area contributed by atoms with E-state index in [1.807, 2.05) is 217 Å². The molecule has 0 aromatic heterocycles. The summed E-state index contributed by atoms with van der Waals surface area (Å²) in [7, 11) is 8.76. The topological polar surface area (TPSA) is 421 Å². The number of ether oxygens (including phenoxy) is 3. The number of nitrogens with one attached hydrogen (secondary N) is 6. The number of fused-ring (bicyclic) bond motifs is 10. The smallest absolute Gasteiger partial charge is 0.406 e. The van der Waals surface area contributed by atoms with Crippen LogP contribution < -0.4 is 81.5 Å². The fourth-order valence-electron chi connectivity index (χ4n) is 14.3. The minimum Gasteiger partial charge on any atom is -0.545 e. The molecule has 7 aromatic rings. The number of esters is 1. The van der Waals surface area contributed by atoms with Crippen molar-refractivity contribution in [2.24, 2.45) is 0 Å². The number of benzene rings is 9. The lowest BCUT2D eigenvalue weighted by Gasteiger charge is -2.37. The zero-order valence-corrected chi connectivity index (χ0v) is 74.1. The van der Waals surface area contributed by atoms with Crippen molar-refractivity contribution < 1.29 is 101 Å². The molecule has 7 aromatic carbocycles. The lowest BCUT2D eigenvalue weighted by atomic mass is 9.77. The molecule has 678 valence electrons. The number of hydroxylamine groups is 2. The van der Waals surface area contributed by atoms with E-state index in [0.29, 0.717) is 77.1 Å². The first-order valence-electron chi connectivity index (χ1n) is 41.4. The number of carboxylic acid groups (broad SMARTS) is 5. The second-order valence-electron chi connectivity index (χ2n) is 27.9. The third-order valence-electron chi connectivity index (χ3n) is 20.6. The Morgan fingerprint density at radius 3 is 1.31 bits per heavy atom. The number of carbonyl (C=O) groups is 9. The number of hydrogen-bond acceptors (Lipinski definition) is 21. The Kier molecular flexibility index (Phi) is 36.5. The number of carbonyl (C=O) groups excluding carboxylic acids is 5. The number of anilines is 4. The first-order chi connectivity index (χ1) is 62.1. The summed E-state index contributed by atoms with van der Waals surface area (Å²) in [6.45, 7) is 29.0. The molecule has 129 heavy (non-hydrogen) atoms. The zero-order chi connectivity index (χ0) is 94.2. The van der Waals surface area contributed by atoms with Crippen molar-refractivity contribution in [1.29, 1.82) is 0 Å².